The predicted molar refractivity (Wildman–Crippen MR) is 78.2 cm³/mol. The van der Waals surface area contributed by atoms with Gasteiger partial charge in [0.2, 0.25) is 5.91 Å². The molecule has 0 aromatic heterocycles. The summed E-state index contributed by atoms with van der Waals surface area (Å²) in [5, 5.41) is 0. The van der Waals surface area contributed by atoms with Gasteiger partial charge in [-0.1, -0.05) is 6.92 Å². The third-order valence-electron chi connectivity index (χ3n) is 3.88. The van der Waals surface area contributed by atoms with Crippen LogP contribution in [0.25, 0.3) is 0 Å². The molecular formula is C16H20F4N2O. The van der Waals surface area contributed by atoms with E-state index in [1.165, 1.54) is 0 Å². The minimum absolute atomic E-state index is 0.109. The van der Waals surface area contributed by atoms with E-state index in [1.54, 1.807) is 4.90 Å². The summed E-state index contributed by atoms with van der Waals surface area (Å²) in [7, 11) is 0. The molecule has 1 aliphatic rings. The van der Waals surface area contributed by atoms with Crippen molar-refractivity contribution in [3.05, 3.63) is 35.1 Å². The molecule has 1 fully saturated rings. The van der Waals surface area contributed by atoms with Gasteiger partial charge >= 0.3 is 6.18 Å². The minimum Gasteiger partial charge on any atom is -0.340 e. The first-order chi connectivity index (χ1) is 10.8. The summed E-state index contributed by atoms with van der Waals surface area (Å²) in [4.78, 5) is 15.5. The fourth-order valence-corrected chi connectivity index (χ4v) is 2.69. The molecule has 2 rings (SSSR count). The number of amides is 1. The summed E-state index contributed by atoms with van der Waals surface area (Å²) < 4.78 is 51.5. The summed E-state index contributed by atoms with van der Waals surface area (Å²) >= 11 is 0. The van der Waals surface area contributed by atoms with Crippen LogP contribution in [0.15, 0.2) is 18.2 Å². The first-order valence-electron chi connectivity index (χ1n) is 7.66. The molecule has 0 spiro atoms. The van der Waals surface area contributed by atoms with Gasteiger partial charge in [0.25, 0.3) is 0 Å². The quantitative estimate of drug-likeness (QED) is 0.790. The number of hydrogen-bond acceptors (Lipinski definition) is 2. The van der Waals surface area contributed by atoms with Crippen LogP contribution in [0.1, 0.15) is 30.9 Å². The molecule has 1 aromatic carbocycles. The molecule has 128 valence electrons. The van der Waals surface area contributed by atoms with Crippen LogP contribution in [0.3, 0.4) is 0 Å². The Bertz CT molecular complexity index is 552. The van der Waals surface area contributed by atoms with Gasteiger partial charge in [0.1, 0.15) is 5.82 Å². The van der Waals surface area contributed by atoms with Crippen molar-refractivity contribution in [1.29, 1.82) is 0 Å². The number of piperazine rings is 1. The maximum Gasteiger partial charge on any atom is 0.416 e. The second kappa shape index (κ2) is 7.29. The molecular weight excluding hydrogens is 312 g/mol. The van der Waals surface area contributed by atoms with Crippen molar-refractivity contribution in [3.8, 4) is 0 Å². The van der Waals surface area contributed by atoms with E-state index in [1.807, 2.05) is 11.8 Å². The van der Waals surface area contributed by atoms with Crippen LogP contribution in [0.2, 0.25) is 0 Å². The molecule has 0 aliphatic carbocycles. The molecule has 0 atom stereocenters. The first-order valence-corrected chi connectivity index (χ1v) is 7.66. The number of carbonyl (C=O) groups excluding carboxylic acids is 1. The average molecular weight is 332 g/mol. The highest BCUT2D eigenvalue weighted by Crippen LogP contribution is 2.30. The van der Waals surface area contributed by atoms with Gasteiger partial charge in [0.05, 0.1) is 5.56 Å². The monoisotopic (exact) mass is 332 g/mol. The Labute approximate surface area is 132 Å². The van der Waals surface area contributed by atoms with Crippen molar-refractivity contribution in [1.82, 2.24) is 9.80 Å². The van der Waals surface area contributed by atoms with Crippen molar-refractivity contribution in [3.63, 3.8) is 0 Å². The van der Waals surface area contributed by atoms with Gasteiger partial charge in [-0.2, -0.15) is 13.2 Å². The largest absolute Gasteiger partial charge is 0.416 e. The summed E-state index contributed by atoms with van der Waals surface area (Å²) in [5.41, 5.74) is -0.671. The molecule has 0 saturated carbocycles. The molecule has 0 N–H and O–H groups in total. The molecule has 1 saturated heterocycles. The normalized spacial score (nSPS) is 16.7. The highest BCUT2D eigenvalue weighted by Gasteiger charge is 2.31. The second-order valence-electron chi connectivity index (χ2n) is 5.75. The Balaban J connectivity index is 1.96. The van der Waals surface area contributed by atoms with Crippen LogP contribution in [0.5, 0.6) is 0 Å². The van der Waals surface area contributed by atoms with Crippen molar-refractivity contribution >= 4 is 5.91 Å². The Morgan fingerprint density at radius 2 is 1.78 bits per heavy atom. The van der Waals surface area contributed by atoms with Crippen molar-refractivity contribution < 1.29 is 22.4 Å². The topological polar surface area (TPSA) is 23.6 Å². The van der Waals surface area contributed by atoms with E-state index in [-0.39, 0.29) is 12.5 Å². The molecule has 0 bridgehead atoms. The van der Waals surface area contributed by atoms with Gasteiger partial charge in [0.15, 0.2) is 0 Å². The number of carbonyl (C=O) groups is 1. The van der Waals surface area contributed by atoms with Crippen molar-refractivity contribution in [2.24, 2.45) is 0 Å². The van der Waals surface area contributed by atoms with Crippen LogP contribution in [-0.4, -0.2) is 41.9 Å². The summed E-state index contributed by atoms with van der Waals surface area (Å²) in [6.07, 6.45) is -3.25. The fraction of sp³-hybridized carbons (Fsp3) is 0.562. The maximum atomic E-state index is 13.4. The molecule has 0 radical (unpaired) electrons. The van der Waals surface area contributed by atoms with E-state index in [0.717, 1.165) is 18.6 Å². The summed E-state index contributed by atoms with van der Waals surface area (Å²) in [6, 6.07) is 2.62. The van der Waals surface area contributed by atoms with Gasteiger partial charge in [-0.15, -0.1) is 0 Å². The van der Waals surface area contributed by atoms with E-state index in [0.29, 0.717) is 44.2 Å². The molecule has 7 heteroatoms. The first kappa shape index (κ1) is 17.7. The lowest BCUT2D eigenvalue weighted by Gasteiger charge is -2.34. The van der Waals surface area contributed by atoms with Crippen LogP contribution in [0, 0.1) is 5.82 Å². The smallest absolute Gasteiger partial charge is 0.340 e. The van der Waals surface area contributed by atoms with Gasteiger partial charge in [-0.3, -0.25) is 9.69 Å². The summed E-state index contributed by atoms with van der Waals surface area (Å²) in [6.45, 7) is 4.45. The minimum atomic E-state index is -4.55. The number of alkyl halides is 3. The zero-order valence-corrected chi connectivity index (χ0v) is 13.0. The Morgan fingerprint density at radius 1 is 1.13 bits per heavy atom. The maximum absolute atomic E-state index is 13.4. The molecule has 1 aliphatic heterocycles. The zero-order valence-electron chi connectivity index (χ0n) is 13.0. The third kappa shape index (κ3) is 4.92. The lowest BCUT2D eigenvalue weighted by atomic mass is 10.1. The zero-order chi connectivity index (χ0) is 17.0. The molecule has 1 aromatic rings. The number of rotatable bonds is 4. The van der Waals surface area contributed by atoms with Crippen LogP contribution >= 0.6 is 0 Å². The number of halogens is 4. The van der Waals surface area contributed by atoms with Gasteiger partial charge in [0, 0.05) is 39.1 Å². The lowest BCUT2D eigenvalue weighted by Crippen LogP contribution is -2.48. The van der Waals surface area contributed by atoms with E-state index in [4.69, 9.17) is 0 Å². The summed E-state index contributed by atoms with van der Waals surface area (Å²) in [5.74, 6) is -0.774. The number of hydrogen-bond donors (Lipinski definition) is 0. The fourth-order valence-electron chi connectivity index (χ4n) is 2.69. The molecule has 1 heterocycles. The Hall–Kier alpha value is -1.63. The van der Waals surface area contributed by atoms with Gasteiger partial charge < -0.3 is 4.90 Å². The number of benzene rings is 1. The van der Waals surface area contributed by atoms with Crippen LogP contribution < -0.4 is 0 Å². The van der Waals surface area contributed by atoms with Crippen molar-refractivity contribution in [2.45, 2.75) is 32.5 Å². The highest BCUT2D eigenvalue weighted by atomic mass is 19.4. The highest BCUT2D eigenvalue weighted by molar-refractivity contribution is 5.76. The van der Waals surface area contributed by atoms with Crippen LogP contribution in [0.4, 0.5) is 17.6 Å². The predicted octanol–water partition coefficient (Wildman–Crippen LogP) is 3.29. The molecule has 0 unspecified atom stereocenters. The molecule has 3 nitrogen and oxygen atoms in total. The van der Waals surface area contributed by atoms with Gasteiger partial charge in [-0.05, 0) is 30.2 Å². The Kier molecular flexibility index (Phi) is 5.62. The lowest BCUT2D eigenvalue weighted by molar-refractivity contribution is -0.138. The van der Waals surface area contributed by atoms with E-state index in [2.05, 4.69) is 0 Å². The average Bonchev–Trinajstić information content (AvgIpc) is 2.46. The van der Waals surface area contributed by atoms with E-state index in [9.17, 15) is 22.4 Å². The standard InChI is InChI=1S/C16H20F4N2O/c1-2-3-15(23)22-6-4-21(5-7-22)11-12-8-13(16(18,19)20)10-14(17)9-12/h8-10H,2-7,11H2,1H3. The molecule has 1 amide bonds. The van der Waals surface area contributed by atoms with E-state index < -0.39 is 17.6 Å². The van der Waals surface area contributed by atoms with Gasteiger partial charge in [-0.25, -0.2) is 4.39 Å². The van der Waals surface area contributed by atoms with E-state index >= 15 is 0 Å². The Morgan fingerprint density at radius 3 is 2.35 bits per heavy atom. The third-order valence-corrected chi connectivity index (χ3v) is 3.88. The SMILES string of the molecule is CCCC(=O)N1CCN(Cc2cc(F)cc(C(F)(F)F)c2)CC1. The second-order valence-corrected chi connectivity index (χ2v) is 5.75. The van der Waals surface area contributed by atoms with Crippen LogP contribution in [-0.2, 0) is 17.5 Å². The van der Waals surface area contributed by atoms with Crippen molar-refractivity contribution in [2.75, 3.05) is 26.2 Å². The molecule has 23 heavy (non-hydrogen) atoms. The number of nitrogens with zero attached hydrogens (tertiary/aromatic N) is 2.